The molecule has 1 aliphatic rings. The van der Waals surface area contributed by atoms with Crippen molar-refractivity contribution in [2.24, 2.45) is 0 Å². The van der Waals surface area contributed by atoms with Crippen LogP contribution in [0.1, 0.15) is 6.92 Å². The van der Waals surface area contributed by atoms with E-state index in [1.54, 1.807) is 6.07 Å². The van der Waals surface area contributed by atoms with Crippen molar-refractivity contribution in [3.05, 3.63) is 24.3 Å². The van der Waals surface area contributed by atoms with E-state index in [9.17, 15) is 4.79 Å². The number of para-hydroxylation sites is 2. The fraction of sp³-hybridized carbons (Fsp3) is 0.417. The molecular weight excluding hydrogens is 242 g/mol. The van der Waals surface area contributed by atoms with Gasteiger partial charge in [0.2, 0.25) is 6.10 Å². The van der Waals surface area contributed by atoms with Crippen LogP contribution in [0.5, 0.6) is 11.5 Å². The number of carbonyl (C=O) groups excluding carboxylic acids is 1. The molecule has 1 aliphatic heterocycles. The first-order valence-electron chi connectivity index (χ1n) is 5.47. The normalized spacial score (nSPS) is 19.5. The number of hydrogen-bond acceptors (Lipinski definition) is 3. The van der Waals surface area contributed by atoms with Crippen molar-refractivity contribution in [3.63, 3.8) is 0 Å². The van der Waals surface area contributed by atoms with Crippen LogP contribution in [0.15, 0.2) is 24.3 Å². The Hall–Kier alpha value is -1.42. The van der Waals surface area contributed by atoms with Gasteiger partial charge < -0.3 is 14.8 Å². The van der Waals surface area contributed by atoms with Gasteiger partial charge in [-0.05, 0) is 19.1 Å². The molecular formula is C12H14ClNO3. The van der Waals surface area contributed by atoms with Gasteiger partial charge in [0, 0.05) is 11.9 Å². The highest BCUT2D eigenvalue weighted by atomic mass is 35.5. The summed E-state index contributed by atoms with van der Waals surface area (Å²) in [5, 5.41) is 2.61. The number of benzene rings is 1. The number of hydrogen-bond donors (Lipinski definition) is 1. The Kier molecular flexibility index (Phi) is 3.74. The summed E-state index contributed by atoms with van der Waals surface area (Å²) in [4.78, 5) is 11.7. The zero-order chi connectivity index (χ0) is 12.3. The monoisotopic (exact) mass is 255 g/mol. The second-order valence-corrected chi connectivity index (χ2v) is 4.64. The molecule has 0 aromatic heterocycles. The van der Waals surface area contributed by atoms with Crippen LogP contribution in [-0.2, 0) is 4.79 Å². The number of fused-ring (bicyclic) bond motifs is 1. The van der Waals surface area contributed by atoms with Crippen molar-refractivity contribution in [3.8, 4) is 11.5 Å². The topological polar surface area (TPSA) is 47.6 Å². The summed E-state index contributed by atoms with van der Waals surface area (Å²) in [7, 11) is 0. The minimum Gasteiger partial charge on any atom is -0.485 e. The Morgan fingerprint density at radius 1 is 1.53 bits per heavy atom. The molecule has 17 heavy (non-hydrogen) atoms. The van der Waals surface area contributed by atoms with Gasteiger partial charge in [-0.25, -0.2) is 0 Å². The zero-order valence-electron chi connectivity index (χ0n) is 9.48. The summed E-state index contributed by atoms with van der Waals surface area (Å²) in [6.45, 7) is 2.46. The maximum atomic E-state index is 11.7. The Morgan fingerprint density at radius 3 is 2.94 bits per heavy atom. The molecule has 1 amide bonds. The van der Waals surface area contributed by atoms with Gasteiger partial charge in [-0.3, -0.25) is 4.79 Å². The average Bonchev–Trinajstić information content (AvgIpc) is 2.35. The third-order valence-electron chi connectivity index (χ3n) is 2.36. The number of carbonyl (C=O) groups is 1. The maximum Gasteiger partial charge on any atom is 0.264 e. The van der Waals surface area contributed by atoms with Gasteiger partial charge in [0.1, 0.15) is 6.61 Å². The van der Waals surface area contributed by atoms with Gasteiger partial charge in [0.05, 0.1) is 0 Å². The highest BCUT2D eigenvalue weighted by molar-refractivity contribution is 6.20. The minimum absolute atomic E-state index is 0.101. The molecule has 0 spiro atoms. The Balaban J connectivity index is 1.95. The summed E-state index contributed by atoms with van der Waals surface area (Å²) in [5.74, 6) is 1.06. The predicted octanol–water partition coefficient (Wildman–Crippen LogP) is 1.57. The number of amides is 1. The van der Waals surface area contributed by atoms with Crippen LogP contribution in [0, 0.1) is 0 Å². The van der Waals surface area contributed by atoms with Gasteiger partial charge in [-0.15, -0.1) is 11.6 Å². The molecule has 1 heterocycles. The van der Waals surface area contributed by atoms with Crippen molar-refractivity contribution < 1.29 is 14.3 Å². The van der Waals surface area contributed by atoms with Crippen LogP contribution >= 0.6 is 11.6 Å². The number of rotatable bonds is 3. The number of halogens is 1. The van der Waals surface area contributed by atoms with E-state index < -0.39 is 6.10 Å². The van der Waals surface area contributed by atoms with E-state index in [1.807, 2.05) is 25.1 Å². The van der Waals surface area contributed by atoms with Crippen LogP contribution < -0.4 is 14.8 Å². The molecule has 4 nitrogen and oxygen atoms in total. The number of ether oxygens (including phenoxy) is 2. The summed E-state index contributed by atoms with van der Waals surface area (Å²) in [6, 6.07) is 7.28. The van der Waals surface area contributed by atoms with E-state index in [2.05, 4.69) is 5.32 Å². The molecule has 1 N–H and O–H groups in total. The molecule has 0 saturated heterocycles. The molecule has 2 rings (SSSR count). The van der Waals surface area contributed by atoms with E-state index in [0.29, 0.717) is 18.0 Å². The van der Waals surface area contributed by atoms with Crippen molar-refractivity contribution in [1.82, 2.24) is 5.32 Å². The third-order valence-corrected chi connectivity index (χ3v) is 2.51. The summed E-state index contributed by atoms with van der Waals surface area (Å²) < 4.78 is 11.0. The predicted molar refractivity (Wildman–Crippen MR) is 64.7 cm³/mol. The average molecular weight is 256 g/mol. The van der Waals surface area contributed by atoms with E-state index in [4.69, 9.17) is 21.1 Å². The quantitative estimate of drug-likeness (QED) is 0.834. The Labute approximate surface area is 105 Å². The van der Waals surface area contributed by atoms with E-state index in [-0.39, 0.29) is 17.9 Å². The Morgan fingerprint density at radius 2 is 2.24 bits per heavy atom. The molecule has 0 radical (unpaired) electrons. The smallest absolute Gasteiger partial charge is 0.264 e. The fourth-order valence-electron chi connectivity index (χ4n) is 1.50. The lowest BCUT2D eigenvalue weighted by Gasteiger charge is -2.25. The van der Waals surface area contributed by atoms with Crippen LogP contribution in [0.2, 0.25) is 0 Å². The zero-order valence-corrected chi connectivity index (χ0v) is 10.2. The Bertz CT molecular complexity index is 408. The first-order chi connectivity index (χ1) is 8.16. The second kappa shape index (κ2) is 5.27. The molecule has 2 unspecified atom stereocenters. The van der Waals surface area contributed by atoms with Crippen molar-refractivity contribution >= 4 is 17.5 Å². The SMILES string of the molecule is CC(Cl)CNC(=O)C1COc2ccccc2O1. The molecule has 92 valence electrons. The second-order valence-electron chi connectivity index (χ2n) is 3.89. The summed E-state index contributed by atoms with van der Waals surface area (Å²) in [6.07, 6.45) is -0.611. The lowest BCUT2D eigenvalue weighted by molar-refractivity contribution is -0.130. The van der Waals surface area contributed by atoms with E-state index in [0.717, 1.165) is 0 Å². The molecule has 0 aliphatic carbocycles. The van der Waals surface area contributed by atoms with Crippen molar-refractivity contribution in [2.75, 3.05) is 13.2 Å². The lowest BCUT2D eigenvalue weighted by atomic mass is 10.2. The molecule has 1 aromatic carbocycles. The van der Waals surface area contributed by atoms with Gasteiger partial charge >= 0.3 is 0 Å². The van der Waals surface area contributed by atoms with Crippen LogP contribution in [-0.4, -0.2) is 30.5 Å². The third kappa shape index (κ3) is 3.03. The van der Waals surface area contributed by atoms with Gasteiger partial charge in [0.15, 0.2) is 11.5 Å². The van der Waals surface area contributed by atoms with E-state index in [1.165, 1.54) is 0 Å². The van der Waals surface area contributed by atoms with Crippen molar-refractivity contribution in [2.45, 2.75) is 18.4 Å². The van der Waals surface area contributed by atoms with Crippen molar-refractivity contribution in [1.29, 1.82) is 0 Å². The molecule has 0 fully saturated rings. The first kappa shape index (κ1) is 12.0. The summed E-state index contributed by atoms with van der Waals surface area (Å²) >= 11 is 5.76. The standard InChI is InChI=1S/C12H14ClNO3/c1-8(13)6-14-12(15)11-7-16-9-4-2-3-5-10(9)17-11/h2-5,8,11H,6-7H2,1H3,(H,14,15). The lowest BCUT2D eigenvalue weighted by Crippen LogP contribution is -2.45. The van der Waals surface area contributed by atoms with Crippen LogP contribution in [0.3, 0.4) is 0 Å². The molecule has 0 saturated carbocycles. The van der Waals surface area contributed by atoms with Gasteiger partial charge in [-0.1, -0.05) is 12.1 Å². The minimum atomic E-state index is -0.611. The molecule has 1 aromatic rings. The summed E-state index contributed by atoms with van der Waals surface area (Å²) in [5.41, 5.74) is 0. The van der Waals surface area contributed by atoms with E-state index >= 15 is 0 Å². The molecule has 5 heteroatoms. The maximum absolute atomic E-state index is 11.7. The largest absolute Gasteiger partial charge is 0.485 e. The van der Waals surface area contributed by atoms with Gasteiger partial charge in [-0.2, -0.15) is 0 Å². The molecule has 2 atom stereocenters. The number of alkyl halides is 1. The number of nitrogens with one attached hydrogen (secondary N) is 1. The van der Waals surface area contributed by atoms with Crippen LogP contribution in [0.25, 0.3) is 0 Å². The first-order valence-corrected chi connectivity index (χ1v) is 5.90. The van der Waals surface area contributed by atoms with Crippen LogP contribution in [0.4, 0.5) is 0 Å². The highest BCUT2D eigenvalue weighted by Crippen LogP contribution is 2.30. The molecule has 0 bridgehead atoms. The fourth-order valence-corrected chi connectivity index (χ4v) is 1.58. The van der Waals surface area contributed by atoms with Gasteiger partial charge in [0.25, 0.3) is 5.91 Å². The highest BCUT2D eigenvalue weighted by Gasteiger charge is 2.26.